The Labute approximate surface area is 358 Å². The van der Waals surface area contributed by atoms with E-state index in [1.807, 2.05) is 20.8 Å². The molecule has 0 rings (SSSR count). The first-order valence-electron chi connectivity index (χ1n) is 17.7. The molecule has 0 heterocycles. The number of rotatable bonds is 20. The molecule has 20 nitrogen and oxygen atoms in total. The largest absolute Gasteiger partial charge is 0.480 e. The molecule has 0 aromatic carbocycles. The van der Waals surface area contributed by atoms with E-state index in [4.69, 9.17) is 29.5 Å². The molecule has 352 valence electrons. The summed E-state index contributed by atoms with van der Waals surface area (Å²) >= 11 is 1.38. The number of esters is 5. The van der Waals surface area contributed by atoms with Gasteiger partial charge in [0.2, 0.25) is 0 Å². The smallest absolute Gasteiger partial charge is 0.333 e. The first kappa shape index (κ1) is 63.1. The SMILES string of the molecule is C=C(C)C(=O)OCCS(=O)(=O)CC(=O)O.C=C(C)C(=O)OCCS(=O)(=O)CC(=O)OC(C)(C)C.CC(C)(C)OC(=O)CS(=O)(=O)CCO.CC(C)(C)OC(=O)CSCCO. The lowest BCUT2D eigenvalue weighted by molar-refractivity contribution is -0.152. The number of carbonyl (C=O) groups excluding carboxylic acids is 5. The average Bonchev–Trinajstić information content (AvgIpc) is 2.97. The summed E-state index contributed by atoms with van der Waals surface area (Å²) in [7, 11) is -10.9. The zero-order valence-corrected chi connectivity index (χ0v) is 39.6. The molecule has 60 heavy (non-hydrogen) atoms. The van der Waals surface area contributed by atoms with E-state index >= 15 is 0 Å². The van der Waals surface area contributed by atoms with Gasteiger partial charge in [0.05, 0.1) is 36.2 Å². The predicted octanol–water partition coefficient (Wildman–Crippen LogP) is 1.26. The van der Waals surface area contributed by atoms with E-state index in [0.717, 1.165) is 0 Å². The van der Waals surface area contributed by atoms with Crippen molar-refractivity contribution >= 4 is 77.1 Å². The Morgan fingerprint density at radius 2 is 0.850 bits per heavy atom. The van der Waals surface area contributed by atoms with E-state index in [1.54, 1.807) is 41.5 Å². The number of hydrogen-bond donors (Lipinski definition) is 3. The fraction of sp³-hybridized carbons (Fsp3) is 0.722. The zero-order chi connectivity index (χ0) is 48.3. The number of sulfone groups is 3. The number of ether oxygens (including phenoxy) is 5. The van der Waals surface area contributed by atoms with E-state index in [1.165, 1.54) is 25.6 Å². The Morgan fingerprint density at radius 3 is 1.13 bits per heavy atom. The summed E-state index contributed by atoms with van der Waals surface area (Å²) < 4.78 is 91.2. The van der Waals surface area contributed by atoms with Crippen LogP contribution in [0.4, 0.5) is 0 Å². The van der Waals surface area contributed by atoms with Crippen LogP contribution in [-0.2, 0) is 82.0 Å². The third-order valence-corrected chi connectivity index (χ3v) is 10.4. The van der Waals surface area contributed by atoms with Gasteiger partial charge in [-0.3, -0.25) is 19.2 Å². The van der Waals surface area contributed by atoms with Crippen molar-refractivity contribution in [1.29, 1.82) is 0 Å². The minimum atomic E-state index is -3.71. The highest BCUT2D eigenvalue weighted by molar-refractivity contribution is 7.99. The first-order valence-corrected chi connectivity index (χ1v) is 24.3. The summed E-state index contributed by atoms with van der Waals surface area (Å²) in [5, 5.41) is 25.1. The molecule has 0 aliphatic rings. The summed E-state index contributed by atoms with van der Waals surface area (Å²) in [6.45, 7) is 23.9. The number of aliphatic carboxylic acids is 1. The molecule has 0 bridgehead atoms. The number of hydrogen-bond acceptors (Lipinski definition) is 20. The first-order chi connectivity index (χ1) is 26.8. The zero-order valence-electron chi connectivity index (χ0n) is 36.3. The van der Waals surface area contributed by atoms with Gasteiger partial charge in [-0.1, -0.05) is 13.2 Å². The maximum atomic E-state index is 11.6. The Kier molecular flexibility index (Phi) is 31.1. The number of carbonyl (C=O) groups is 6. The van der Waals surface area contributed by atoms with Crippen molar-refractivity contribution in [3.63, 3.8) is 0 Å². The van der Waals surface area contributed by atoms with Gasteiger partial charge in [0.15, 0.2) is 29.5 Å². The van der Waals surface area contributed by atoms with Crippen molar-refractivity contribution in [2.75, 3.05) is 72.5 Å². The molecule has 0 aliphatic carbocycles. The monoisotopic (exact) mass is 944 g/mol. The van der Waals surface area contributed by atoms with Crippen LogP contribution in [-0.4, -0.2) is 166 Å². The minimum Gasteiger partial charge on any atom is -0.480 e. The van der Waals surface area contributed by atoms with Crippen molar-refractivity contribution < 1.29 is 93.0 Å². The third kappa shape index (κ3) is 47.1. The maximum absolute atomic E-state index is 11.6. The molecule has 0 unspecified atom stereocenters. The standard InChI is InChI=1S/C12H20O6S.C8H12O6S.C8H16O5S.C8H16O3S/c1-9(2)11(14)17-6-7-19(15,16)8-10(13)18-12(3,4)5;1-6(2)8(11)14-3-4-15(12,13)5-7(9)10;1-8(2,3)13-7(10)6-14(11,12)5-4-9;1-8(2,3)11-7(10)6-12-5-4-9/h1,6-8H2,2-5H3;1,3-5H2,2H3,(H,9,10);9H,4-6H2,1-3H3;9H,4-6H2,1-3H3. The number of aliphatic hydroxyl groups excluding tert-OH is 2. The number of aliphatic hydroxyl groups is 2. The van der Waals surface area contributed by atoms with Crippen molar-refractivity contribution in [3.05, 3.63) is 24.3 Å². The van der Waals surface area contributed by atoms with Gasteiger partial charge >= 0.3 is 35.8 Å². The minimum absolute atomic E-state index is 0.105. The van der Waals surface area contributed by atoms with Gasteiger partial charge in [0.25, 0.3) is 0 Å². The van der Waals surface area contributed by atoms with Gasteiger partial charge in [-0.15, -0.1) is 11.8 Å². The predicted molar refractivity (Wildman–Crippen MR) is 224 cm³/mol. The molecular weight excluding hydrogens is 881 g/mol. The lowest BCUT2D eigenvalue weighted by atomic mass is 10.2. The molecule has 0 saturated carbocycles. The molecule has 0 atom stereocenters. The molecule has 0 aromatic heterocycles. The quantitative estimate of drug-likeness (QED) is 0.0669. The maximum Gasteiger partial charge on any atom is 0.333 e. The van der Waals surface area contributed by atoms with Crippen LogP contribution in [0.3, 0.4) is 0 Å². The molecule has 3 N–H and O–H groups in total. The fourth-order valence-corrected chi connectivity index (χ4v) is 6.10. The highest BCUT2D eigenvalue weighted by atomic mass is 32.2. The lowest BCUT2D eigenvalue weighted by Gasteiger charge is -2.19. The Balaban J connectivity index is -0.000000353. The summed E-state index contributed by atoms with van der Waals surface area (Å²) in [4.78, 5) is 65.4. The fourth-order valence-electron chi connectivity index (χ4n) is 3.00. The second-order valence-electron chi connectivity index (χ2n) is 15.3. The topological polar surface area (TPSA) is 312 Å². The number of thioether (sulfide) groups is 1. The summed E-state index contributed by atoms with van der Waals surface area (Å²) in [6, 6.07) is 0. The average molecular weight is 945 g/mol. The van der Waals surface area contributed by atoms with Crippen molar-refractivity contribution in [3.8, 4) is 0 Å². The van der Waals surface area contributed by atoms with E-state index < -0.39 is 117 Å². The van der Waals surface area contributed by atoms with Crippen molar-refractivity contribution in [1.82, 2.24) is 0 Å². The Morgan fingerprint density at radius 1 is 0.533 bits per heavy atom. The van der Waals surface area contributed by atoms with Gasteiger partial charge in [-0.05, 0) is 76.2 Å². The molecule has 0 radical (unpaired) electrons. The van der Waals surface area contributed by atoms with Gasteiger partial charge in [0.1, 0.15) is 47.3 Å². The molecular formula is C36H64O20S4. The molecule has 0 aliphatic heterocycles. The van der Waals surface area contributed by atoms with Crippen molar-refractivity contribution in [2.45, 2.75) is 93.0 Å². The van der Waals surface area contributed by atoms with Crippen molar-refractivity contribution in [2.24, 2.45) is 0 Å². The highest BCUT2D eigenvalue weighted by Crippen LogP contribution is 2.10. The Hall–Kier alpha value is -3.58. The molecule has 0 fully saturated rings. The normalized spacial score (nSPS) is 11.6. The highest BCUT2D eigenvalue weighted by Gasteiger charge is 2.24. The lowest BCUT2D eigenvalue weighted by Crippen LogP contribution is -2.30. The van der Waals surface area contributed by atoms with Crippen LogP contribution in [0, 0.1) is 0 Å². The Bertz CT molecular complexity index is 1740. The van der Waals surface area contributed by atoms with Gasteiger partial charge in [-0.25, -0.2) is 34.8 Å². The number of carboxylic acids is 1. The van der Waals surface area contributed by atoms with Gasteiger partial charge in [0, 0.05) is 16.9 Å². The van der Waals surface area contributed by atoms with E-state index in [-0.39, 0.29) is 36.9 Å². The van der Waals surface area contributed by atoms with E-state index in [2.05, 4.69) is 22.6 Å². The number of carboxylic acid groups (broad SMARTS) is 1. The van der Waals surface area contributed by atoms with Crippen LogP contribution in [0.1, 0.15) is 76.2 Å². The van der Waals surface area contributed by atoms with E-state index in [9.17, 15) is 54.0 Å². The third-order valence-electron chi connectivity index (χ3n) is 5.09. The molecule has 0 amide bonds. The van der Waals surface area contributed by atoms with Crippen LogP contribution in [0.2, 0.25) is 0 Å². The molecule has 0 spiro atoms. The second-order valence-corrected chi connectivity index (χ2v) is 22.9. The van der Waals surface area contributed by atoms with Gasteiger partial charge in [-0.2, -0.15) is 0 Å². The van der Waals surface area contributed by atoms with Crippen LogP contribution in [0.15, 0.2) is 24.3 Å². The molecule has 0 saturated heterocycles. The van der Waals surface area contributed by atoms with Crippen LogP contribution < -0.4 is 0 Å². The summed E-state index contributed by atoms with van der Waals surface area (Å²) in [6.07, 6.45) is 0. The van der Waals surface area contributed by atoms with Crippen LogP contribution >= 0.6 is 11.8 Å². The summed E-state index contributed by atoms with van der Waals surface area (Å²) in [5.74, 6) is -7.41. The van der Waals surface area contributed by atoms with Gasteiger partial charge < -0.3 is 39.0 Å². The van der Waals surface area contributed by atoms with Crippen LogP contribution in [0.5, 0.6) is 0 Å². The second kappa shape index (κ2) is 29.6. The summed E-state index contributed by atoms with van der Waals surface area (Å²) in [5.41, 5.74) is -1.49. The van der Waals surface area contributed by atoms with E-state index in [0.29, 0.717) is 11.5 Å². The molecule has 0 aromatic rings. The molecule has 24 heteroatoms. The van der Waals surface area contributed by atoms with Crippen LogP contribution in [0.25, 0.3) is 0 Å².